The molecule has 94 valence electrons. The number of hydrogen-bond acceptors (Lipinski definition) is 6. The van der Waals surface area contributed by atoms with Crippen molar-refractivity contribution < 1.29 is 27.7 Å². The fraction of sp³-hybridized carbons (Fsp3) is 1.00. The van der Waals surface area contributed by atoms with E-state index >= 15 is 0 Å². The molecule has 2 aliphatic rings. The van der Waals surface area contributed by atoms with Gasteiger partial charge in [-0.25, -0.2) is 0 Å². The summed E-state index contributed by atoms with van der Waals surface area (Å²) in [5.74, 6) is 0. The highest BCUT2D eigenvalue weighted by atomic mass is 31.1. The van der Waals surface area contributed by atoms with E-state index in [0.717, 1.165) is 0 Å². The van der Waals surface area contributed by atoms with E-state index in [4.69, 9.17) is 18.5 Å². The summed E-state index contributed by atoms with van der Waals surface area (Å²) in [5.41, 5.74) is 0. The molecular weight excluding hydrogens is 254 g/mol. The topological polar surface area (TPSA) is 71.1 Å². The maximum atomic E-state index is 11.0. The van der Waals surface area contributed by atoms with Crippen molar-refractivity contribution >= 4 is 16.1 Å². The average molecular weight is 270 g/mol. The Hall–Kier alpha value is 0.300. The first kappa shape index (κ1) is 12.7. The third kappa shape index (κ3) is 2.76. The first-order chi connectivity index (χ1) is 7.58. The van der Waals surface area contributed by atoms with Crippen LogP contribution in [0.25, 0.3) is 0 Å². The van der Waals surface area contributed by atoms with Crippen LogP contribution in [0, 0.1) is 0 Å². The Bertz CT molecular complexity index is 279. The molecule has 0 saturated carbocycles. The molecule has 2 heterocycles. The zero-order valence-corrected chi connectivity index (χ0v) is 11.2. The molecule has 8 heteroatoms. The Balaban J connectivity index is 1.95. The highest BCUT2D eigenvalue weighted by Gasteiger charge is 2.49. The van der Waals surface area contributed by atoms with Crippen molar-refractivity contribution in [3.63, 3.8) is 0 Å². The summed E-state index contributed by atoms with van der Waals surface area (Å²) < 4.78 is 43.5. The number of fused-ring (bicyclic) bond motifs is 1. The van der Waals surface area contributed by atoms with Crippen LogP contribution in [0.1, 0.15) is 0 Å². The zero-order valence-electron chi connectivity index (χ0n) is 9.17. The van der Waals surface area contributed by atoms with Crippen molar-refractivity contribution in [3.8, 4) is 0 Å². The average Bonchev–Trinajstić information content (AvgIpc) is 2.70. The van der Waals surface area contributed by atoms with E-state index in [0.29, 0.717) is 13.2 Å². The Morgan fingerprint density at radius 2 is 1.31 bits per heavy atom. The van der Waals surface area contributed by atoms with Gasteiger partial charge in [-0.3, -0.25) is 9.13 Å². The predicted molar refractivity (Wildman–Crippen MR) is 59.1 cm³/mol. The fourth-order valence-corrected chi connectivity index (χ4v) is 3.31. The maximum absolute atomic E-state index is 11.0. The van der Waals surface area contributed by atoms with Gasteiger partial charge in [0.1, 0.15) is 24.4 Å². The highest BCUT2D eigenvalue weighted by molar-refractivity contribution is 7.38. The third-order valence-electron chi connectivity index (χ3n) is 2.60. The summed E-state index contributed by atoms with van der Waals surface area (Å²) in [4.78, 5) is 0. The molecule has 0 radical (unpaired) electrons. The minimum atomic E-state index is -2.00. The number of ether oxygens (including phenoxy) is 2. The van der Waals surface area contributed by atoms with Crippen LogP contribution >= 0.6 is 16.1 Å². The van der Waals surface area contributed by atoms with Crippen LogP contribution in [-0.2, 0) is 27.7 Å². The van der Waals surface area contributed by atoms with Crippen LogP contribution in [0.5, 0.6) is 0 Å². The normalized spacial score (nSPS) is 41.9. The summed E-state index contributed by atoms with van der Waals surface area (Å²) >= 11 is 0. The smallest absolute Gasteiger partial charge is 0.189 e. The quantitative estimate of drug-likeness (QED) is 0.702. The van der Waals surface area contributed by atoms with Crippen LogP contribution < -0.4 is 0 Å². The molecule has 6 atom stereocenters. The van der Waals surface area contributed by atoms with Gasteiger partial charge in [0.15, 0.2) is 16.1 Å². The Morgan fingerprint density at radius 1 is 0.938 bits per heavy atom. The van der Waals surface area contributed by atoms with Gasteiger partial charge in [-0.2, -0.15) is 0 Å². The van der Waals surface area contributed by atoms with E-state index in [2.05, 4.69) is 0 Å². The molecule has 2 fully saturated rings. The van der Waals surface area contributed by atoms with E-state index in [9.17, 15) is 9.13 Å². The molecule has 0 aromatic rings. The minimum Gasteiger partial charge on any atom is -0.370 e. The van der Waals surface area contributed by atoms with Gasteiger partial charge in [0.05, 0.1) is 13.2 Å². The van der Waals surface area contributed by atoms with Gasteiger partial charge in [-0.1, -0.05) is 0 Å². The van der Waals surface area contributed by atoms with E-state index in [1.165, 1.54) is 13.3 Å². The van der Waals surface area contributed by atoms with Gasteiger partial charge < -0.3 is 18.5 Å². The van der Waals surface area contributed by atoms with Crippen molar-refractivity contribution in [2.45, 2.75) is 24.4 Å². The van der Waals surface area contributed by atoms with Crippen LogP contribution in [0.3, 0.4) is 0 Å². The van der Waals surface area contributed by atoms with Crippen LogP contribution in [0.4, 0.5) is 0 Å². The first-order valence-electron chi connectivity index (χ1n) is 5.15. The van der Waals surface area contributed by atoms with Crippen LogP contribution in [0.2, 0.25) is 0 Å². The van der Waals surface area contributed by atoms with Crippen LogP contribution in [0.15, 0.2) is 0 Å². The van der Waals surface area contributed by atoms with Crippen LogP contribution in [-0.4, -0.2) is 51.0 Å². The minimum absolute atomic E-state index is 0.250. The second-order valence-corrected chi connectivity index (χ2v) is 6.33. The standard InChI is InChI=1S/C8H16O6P2/c1-15(9)13-5-3-11-8-6(14-16(2)10)4-12-7(5)8/h5-8,15-16H,3-4H2,1-2H3/t5-,6-,7?,8?/m1/s1. The largest absolute Gasteiger partial charge is 0.370 e. The molecule has 2 rings (SSSR count). The van der Waals surface area contributed by atoms with E-state index < -0.39 is 16.1 Å². The molecule has 0 aromatic carbocycles. The summed E-state index contributed by atoms with van der Waals surface area (Å²) in [6.45, 7) is 3.77. The summed E-state index contributed by atoms with van der Waals surface area (Å²) in [5, 5.41) is 0. The Labute approximate surface area is 95.3 Å². The fourth-order valence-electron chi connectivity index (χ4n) is 2.06. The predicted octanol–water partition coefficient (Wildman–Crippen LogP) is 0.763. The number of hydrogen-bond donors (Lipinski definition) is 0. The highest BCUT2D eigenvalue weighted by Crippen LogP contribution is 2.37. The van der Waals surface area contributed by atoms with Gasteiger partial charge >= 0.3 is 0 Å². The zero-order chi connectivity index (χ0) is 11.7. The molecule has 0 aliphatic carbocycles. The third-order valence-corrected chi connectivity index (χ3v) is 3.87. The summed E-state index contributed by atoms with van der Waals surface area (Å²) in [7, 11) is -4.00. The van der Waals surface area contributed by atoms with Gasteiger partial charge in [0, 0.05) is 13.3 Å². The summed E-state index contributed by atoms with van der Waals surface area (Å²) in [6, 6.07) is 0. The van der Waals surface area contributed by atoms with Gasteiger partial charge in [-0.15, -0.1) is 0 Å². The summed E-state index contributed by atoms with van der Waals surface area (Å²) in [6.07, 6.45) is -1.09. The maximum Gasteiger partial charge on any atom is 0.189 e. The van der Waals surface area contributed by atoms with E-state index in [1.807, 2.05) is 0 Å². The second kappa shape index (κ2) is 5.30. The molecule has 2 aliphatic heterocycles. The molecule has 0 aromatic heterocycles. The Kier molecular flexibility index (Phi) is 4.22. The lowest BCUT2D eigenvalue weighted by Gasteiger charge is -2.15. The number of rotatable bonds is 4. The molecule has 6 nitrogen and oxygen atoms in total. The van der Waals surface area contributed by atoms with Gasteiger partial charge in [0.25, 0.3) is 0 Å². The lowest BCUT2D eigenvalue weighted by Crippen LogP contribution is -2.32. The van der Waals surface area contributed by atoms with Crippen molar-refractivity contribution in [2.75, 3.05) is 26.5 Å². The second-order valence-electron chi connectivity index (χ2n) is 3.89. The Morgan fingerprint density at radius 3 is 1.62 bits per heavy atom. The van der Waals surface area contributed by atoms with E-state index in [1.54, 1.807) is 0 Å². The monoisotopic (exact) mass is 270 g/mol. The molecule has 0 N–H and O–H groups in total. The van der Waals surface area contributed by atoms with E-state index in [-0.39, 0.29) is 24.4 Å². The lowest BCUT2D eigenvalue weighted by molar-refractivity contribution is 0.0234. The molecule has 4 unspecified atom stereocenters. The molecule has 0 amide bonds. The van der Waals surface area contributed by atoms with Gasteiger partial charge in [0.2, 0.25) is 0 Å². The van der Waals surface area contributed by atoms with Crippen molar-refractivity contribution in [2.24, 2.45) is 0 Å². The van der Waals surface area contributed by atoms with Crippen molar-refractivity contribution in [3.05, 3.63) is 0 Å². The first-order valence-corrected chi connectivity index (χ1v) is 8.79. The molecular formula is C8H16O6P2. The van der Waals surface area contributed by atoms with Crippen molar-refractivity contribution in [1.82, 2.24) is 0 Å². The van der Waals surface area contributed by atoms with Crippen molar-refractivity contribution in [1.29, 1.82) is 0 Å². The lowest BCUT2D eigenvalue weighted by atomic mass is 10.1. The molecule has 16 heavy (non-hydrogen) atoms. The SMILES string of the molecule is C[PH](=O)O[C@@H]1COC2C1OC[C@H]2O[PH](C)=O. The molecule has 0 bridgehead atoms. The molecule has 0 spiro atoms. The van der Waals surface area contributed by atoms with Gasteiger partial charge in [-0.05, 0) is 0 Å². The molecule has 2 saturated heterocycles.